The summed E-state index contributed by atoms with van der Waals surface area (Å²) >= 11 is 1.48. The highest BCUT2D eigenvalue weighted by Crippen LogP contribution is 2.27. The standard InChI is InChI=1S/C15H19N3O2S/c1-15(2,3)13-7-10(18-20-13)6-12(19)11-8-21-14(17-11)16-9-4-5-9/h7-9H,4-6H2,1-3H3,(H,16,17). The predicted octanol–water partition coefficient (Wildman–Crippen LogP) is 3.43. The van der Waals surface area contributed by atoms with Gasteiger partial charge in [-0.3, -0.25) is 4.79 Å². The topological polar surface area (TPSA) is 68.0 Å². The van der Waals surface area contributed by atoms with E-state index in [1.165, 1.54) is 24.2 Å². The lowest BCUT2D eigenvalue weighted by atomic mass is 9.93. The molecule has 1 aliphatic rings. The number of carbonyl (C=O) groups excluding carboxylic acids is 1. The molecule has 0 spiro atoms. The molecule has 0 saturated heterocycles. The second-order valence-corrected chi connectivity index (χ2v) is 7.35. The number of ketones is 1. The molecule has 0 amide bonds. The number of carbonyl (C=O) groups is 1. The lowest BCUT2D eigenvalue weighted by Gasteiger charge is -2.12. The number of nitrogens with one attached hydrogen (secondary N) is 1. The second kappa shape index (κ2) is 5.26. The average molecular weight is 305 g/mol. The van der Waals surface area contributed by atoms with Crippen molar-refractivity contribution in [3.63, 3.8) is 0 Å². The van der Waals surface area contributed by atoms with Crippen molar-refractivity contribution in [2.45, 2.75) is 51.5 Å². The van der Waals surface area contributed by atoms with Gasteiger partial charge in [-0.1, -0.05) is 25.9 Å². The minimum atomic E-state index is -0.101. The van der Waals surface area contributed by atoms with E-state index < -0.39 is 0 Å². The molecule has 1 N–H and O–H groups in total. The highest BCUT2D eigenvalue weighted by molar-refractivity contribution is 7.13. The summed E-state index contributed by atoms with van der Waals surface area (Å²) < 4.78 is 5.30. The summed E-state index contributed by atoms with van der Waals surface area (Å²) in [6.45, 7) is 6.15. The van der Waals surface area contributed by atoms with Crippen LogP contribution in [0.4, 0.5) is 5.13 Å². The summed E-state index contributed by atoms with van der Waals surface area (Å²) in [6.07, 6.45) is 2.61. The number of Topliss-reactive ketones (excluding diaryl/α,β-unsaturated/α-hetero) is 1. The van der Waals surface area contributed by atoms with Gasteiger partial charge in [-0.15, -0.1) is 11.3 Å². The first-order valence-electron chi connectivity index (χ1n) is 7.13. The van der Waals surface area contributed by atoms with E-state index in [-0.39, 0.29) is 17.6 Å². The first-order valence-corrected chi connectivity index (χ1v) is 8.01. The Morgan fingerprint density at radius 3 is 2.86 bits per heavy atom. The van der Waals surface area contributed by atoms with Crippen LogP contribution >= 0.6 is 11.3 Å². The quantitative estimate of drug-likeness (QED) is 0.857. The Morgan fingerprint density at radius 2 is 2.24 bits per heavy atom. The summed E-state index contributed by atoms with van der Waals surface area (Å²) in [5.41, 5.74) is 1.06. The van der Waals surface area contributed by atoms with E-state index >= 15 is 0 Å². The monoisotopic (exact) mass is 305 g/mol. The SMILES string of the molecule is CC(C)(C)c1cc(CC(=O)c2csc(NC3CC3)n2)no1. The van der Waals surface area contributed by atoms with Gasteiger partial charge in [0.15, 0.2) is 10.9 Å². The second-order valence-electron chi connectivity index (χ2n) is 6.49. The third-order valence-corrected chi connectivity index (χ3v) is 4.11. The largest absolute Gasteiger partial charge is 0.361 e. The summed E-state index contributed by atoms with van der Waals surface area (Å²) in [7, 11) is 0. The molecule has 0 aliphatic heterocycles. The minimum absolute atomic E-state index is 0.0242. The van der Waals surface area contributed by atoms with Crippen molar-refractivity contribution in [3.8, 4) is 0 Å². The van der Waals surface area contributed by atoms with Crippen LogP contribution in [0.2, 0.25) is 0 Å². The summed E-state index contributed by atoms with van der Waals surface area (Å²) in [6, 6.07) is 2.40. The Balaban J connectivity index is 1.65. The van der Waals surface area contributed by atoms with Crippen LogP contribution in [0.25, 0.3) is 0 Å². The number of thiazole rings is 1. The van der Waals surface area contributed by atoms with E-state index in [1.54, 1.807) is 5.38 Å². The lowest BCUT2D eigenvalue weighted by Crippen LogP contribution is -2.09. The van der Waals surface area contributed by atoms with Gasteiger partial charge in [0.1, 0.15) is 11.5 Å². The molecule has 112 valence electrons. The van der Waals surface area contributed by atoms with Gasteiger partial charge in [0, 0.05) is 22.9 Å². The van der Waals surface area contributed by atoms with E-state index in [1.807, 2.05) is 6.07 Å². The van der Waals surface area contributed by atoms with Gasteiger partial charge in [-0.2, -0.15) is 0 Å². The maximum absolute atomic E-state index is 12.2. The molecule has 1 fully saturated rings. The van der Waals surface area contributed by atoms with Crippen LogP contribution < -0.4 is 5.32 Å². The molecule has 2 heterocycles. The van der Waals surface area contributed by atoms with Gasteiger partial charge < -0.3 is 9.84 Å². The zero-order valence-corrected chi connectivity index (χ0v) is 13.3. The third kappa shape index (κ3) is 3.50. The van der Waals surface area contributed by atoms with E-state index in [4.69, 9.17) is 4.52 Å². The van der Waals surface area contributed by atoms with Gasteiger partial charge >= 0.3 is 0 Å². The summed E-state index contributed by atoms with van der Waals surface area (Å²) in [5, 5.41) is 9.91. The number of hydrogen-bond acceptors (Lipinski definition) is 6. The van der Waals surface area contributed by atoms with Gasteiger partial charge in [-0.05, 0) is 12.8 Å². The molecule has 0 aromatic carbocycles. The molecule has 2 aromatic heterocycles. The van der Waals surface area contributed by atoms with E-state index in [0.717, 1.165) is 10.9 Å². The van der Waals surface area contributed by atoms with E-state index in [2.05, 4.69) is 36.2 Å². The predicted molar refractivity (Wildman–Crippen MR) is 82.0 cm³/mol. The zero-order valence-electron chi connectivity index (χ0n) is 12.5. The van der Waals surface area contributed by atoms with Crippen molar-refractivity contribution in [3.05, 3.63) is 28.6 Å². The van der Waals surface area contributed by atoms with E-state index in [9.17, 15) is 4.79 Å². The number of aromatic nitrogens is 2. The molecular weight excluding hydrogens is 286 g/mol. The Labute approximate surface area is 127 Å². The first-order chi connectivity index (χ1) is 9.91. The molecule has 2 aromatic rings. The van der Waals surface area contributed by atoms with Crippen LogP contribution in [0.5, 0.6) is 0 Å². The average Bonchev–Trinajstić information content (AvgIpc) is 2.90. The number of hydrogen-bond donors (Lipinski definition) is 1. The first kappa shape index (κ1) is 14.3. The molecule has 3 rings (SSSR count). The zero-order chi connectivity index (χ0) is 15.0. The van der Waals surface area contributed by atoms with Crippen molar-refractivity contribution in [2.24, 2.45) is 0 Å². The van der Waals surface area contributed by atoms with Crippen molar-refractivity contribution in [1.82, 2.24) is 10.1 Å². The fourth-order valence-electron chi connectivity index (χ4n) is 1.87. The van der Waals surface area contributed by atoms with Gasteiger partial charge in [0.25, 0.3) is 0 Å². The molecular formula is C15H19N3O2S. The van der Waals surface area contributed by atoms with Crippen molar-refractivity contribution >= 4 is 22.3 Å². The highest BCUT2D eigenvalue weighted by Gasteiger charge is 2.23. The van der Waals surface area contributed by atoms with Crippen LogP contribution in [0.15, 0.2) is 16.0 Å². The van der Waals surface area contributed by atoms with Crippen molar-refractivity contribution in [2.75, 3.05) is 5.32 Å². The van der Waals surface area contributed by atoms with Crippen LogP contribution in [0.3, 0.4) is 0 Å². The molecule has 0 unspecified atom stereocenters. The molecule has 1 saturated carbocycles. The molecule has 21 heavy (non-hydrogen) atoms. The molecule has 0 radical (unpaired) electrons. The van der Waals surface area contributed by atoms with Gasteiger partial charge in [-0.25, -0.2) is 4.98 Å². The van der Waals surface area contributed by atoms with Crippen LogP contribution in [-0.4, -0.2) is 22.0 Å². The maximum atomic E-state index is 12.2. The Kier molecular flexibility index (Phi) is 3.57. The summed E-state index contributed by atoms with van der Waals surface area (Å²) in [5.74, 6) is 0.767. The van der Waals surface area contributed by atoms with E-state index in [0.29, 0.717) is 17.4 Å². The smallest absolute Gasteiger partial charge is 0.188 e. The molecule has 0 bridgehead atoms. The number of anilines is 1. The Hall–Kier alpha value is -1.69. The fourth-order valence-corrected chi connectivity index (χ4v) is 2.67. The highest BCUT2D eigenvalue weighted by atomic mass is 32.1. The van der Waals surface area contributed by atoms with Crippen molar-refractivity contribution < 1.29 is 9.32 Å². The third-order valence-electron chi connectivity index (χ3n) is 3.33. The molecule has 6 heteroatoms. The van der Waals surface area contributed by atoms with Crippen LogP contribution in [0.1, 0.15) is 55.6 Å². The van der Waals surface area contributed by atoms with Gasteiger partial charge in [0.05, 0.1) is 12.1 Å². The minimum Gasteiger partial charge on any atom is -0.361 e. The van der Waals surface area contributed by atoms with Crippen molar-refractivity contribution in [1.29, 1.82) is 0 Å². The summed E-state index contributed by atoms with van der Waals surface area (Å²) in [4.78, 5) is 16.6. The Morgan fingerprint density at radius 1 is 1.48 bits per heavy atom. The molecule has 5 nitrogen and oxygen atoms in total. The van der Waals surface area contributed by atoms with Crippen LogP contribution in [0, 0.1) is 0 Å². The number of nitrogens with zero attached hydrogens (tertiary/aromatic N) is 2. The number of rotatable bonds is 5. The normalized spacial score (nSPS) is 15.2. The van der Waals surface area contributed by atoms with Gasteiger partial charge in [0.2, 0.25) is 0 Å². The fraction of sp³-hybridized carbons (Fsp3) is 0.533. The molecule has 1 aliphatic carbocycles. The lowest BCUT2D eigenvalue weighted by molar-refractivity contribution is 0.0986. The molecule has 0 atom stereocenters. The Bertz CT molecular complexity index is 650. The van der Waals surface area contributed by atoms with Crippen LogP contribution in [-0.2, 0) is 11.8 Å². The maximum Gasteiger partial charge on any atom is 0.188 e.